The summed E-state index contributed by atoms with van der Waals surface area (Å²) in [5.41, 5.74) is 2.69. The molecular formula is C18H19ClN4O5. The largest absolute Gasteiger partial charge is 0.465 e. The lowest BCUT2D eigenvalue weighted by atomic mass is 9.89. The zero-order valence-electron chi connectivity index (χ0n) is 15.5. The SMILES string of the molecule is CNC(=O)c1cc(-c2cc(OC(=O)NC(=O)O)ncc2Cl)c2n1CC(C)(C)C2. The first-order valence-corrected chi connectivity index (χ1v) is 8.81. The van der Waals surface area contributed by atoms with Crippen LogP contribution in [0.1, 0.15) is 30.0 Å². The van der Waals surface area contributed by atoms with Crippen molar-refractivity contribution in [1.82, 2.24) is 20.2 Å². The van der Waals surface area contributed by atoms with E-state index in [9.17, 15) is 14.4 Å². The highest BCUT2D eigenvalue weighted by atomic mass is 35.5. The van der Waals surface area contributed by atoms with E-state index in [0.29, 0.717) is 22.8 Å². The molecule has 3 N–H and O–H groups in total. The average Bonchev–Trinajstić information content (AvgIpc) is 3.08. The molecule has 0 fully saturated rings. The van der Waals surface area contributed by atoms with Crippen LogP contribution < -0.4 is 15.4 Å². The lowest BCUT2D eigenvalue weighted by molar-refractivity contribution is 0.0953. The molecule has 0 radical (unpaired) electrons. The number of fused-ring (bicyclic) bond motifs is 1. The quantitative estimate of drug-likeness (QED) is 0.720. The van der Waals surface area contributed by atoms with E-state index < -0.39 is 12.2 Å². The molecule has 0 spiro atoms. The summed E-state index contributed by atoms with van der Waals surface area (Å²) in [6, 6.07) is 3.19. The molecule has 0 aliphatic carbocycles. The molecule has 1 aliphatic rings. The van der Waals surface area contributed by atoms with Gasteiger partial charge in [-0.2, -0.15) is 0 Å². The van der Waals surface area contributed by atoms with Crippen molar-refractivity contribution in [3.8, 4) is 17.0 Å². The zero-order chi connectivity index (χ0) is 20.6. The molecule has 0 atom stereocenters. The van der Waals surface area contributed by atoms with E-state index >= 15 is 0 Å². The maximum Gasteiger partial charge on any atom is 0.423 e. The van der Waals surface area contributed by atoms with Crippen molar-refractivity contribution in [2.24, 2.45) is 5.41 Å². The van der Waals surface area contributed by atoms with E-state index in [1.807, 2.05) is 4.57 Å². The highest BCUT2D eigenvalue weighted by molar-refractivity contribution is 6.33. The van der Waals surface area contributed by atoms with Gasteiger partial charge in [-0.3, -0.25) is 4.79 Å². The molecule has 0 saturated heterocycles. The molecule has 3 amide bonds. The van der Waals surface area contributed by atoms with Crippen molar-refractivity contribution in [3.05, 3.63) is 34.7 Å². The van der Waals surface area contributed by atoms with Crippen molar-refractivity contribution in [2.45, 2.75) is 26.8 Å². The Bertz CT molecular complexity index is 983. The second-order valence-corrected chi connectivity index (χ2v) is 7.63. The van der Waals surface area contributed by atoms with Gasteiger partial charge < -0.3 is 19.7 Å². The minimum atomic E-state index is -1.54. The molecule has 3 rings (SSSR count). The third kappa shape index (κ3) is 3.79. The fourth-order valence-corrected chi connectivity index (χ4v) is 3.54. The predicted molar refractivity (Wildman–Crippen MR) is 101 cm³/mol. The molecule has 2 aromatic rings. The van der Waals surface area contributed by atoms with E-state index in [0.717, 1.165) is 17.7 Å². The van der Waals surface area contributed by atoms with Gasteiger partial charge >= 0.3 is 12.2 Å². The minimum Gasteiger partial charge on any atom is -0.465 e. The van der Waals surface area contributed by atoms with Gasteiger partial charge in [0.1, 0.15) is 5.69 Å². The second kappa shape index (κ2) is 7.16. The molecule has 0 aromatic carbocycles. The van der Waals surface area contributed by atoms with Crippen LogP contribution in [-0.2, 0) is 13.0 Å². The van der Waals surface area contributed by atoms with Crippen LogP contribution in [0.4, 0.5) is 9.59 Å². The van der Waals surface area contributed by atoms with Gasteiger partial charge in [-0.25, -0.2) is 19.9 Å². The van der Waals surface area contributed by atoms with Crippen LogP contribution in [0.2, 0.25) is 5.02 Å². The molecule has 0 saturated carbocycles. The normalized spacial score (nSPS) is 14.3. The molecule has 10 heteroatoms. The first-order valence-electron chi connectivity index (χ1n) is 8.43. The summed E-state index contributed by atoms with van der Waals surface area (Å²) in [7, 11) is 1.56. The smallest absolute Gasteiger partial charge is 0.423 e. The average molecular weight is 407 g/mol. The molecule has 0 unspecified atom stereocenters. The molecule has 9 nitrogen and oxygen atoms in total. The Labute approximate surface area is 165 Å². The molecule has 0 bridgehead atoms. The molecule has 3 heterocycles. The minimum absolute atomic E-state index is 0.0334. The topological polar surface area (TPSA) is 123 Å². The second-order valence-electron chi connectivity index (χ2n) is 7.22. The molecular weight excluding hydrogens is 388 g/mol. The predicted octanol–water partition coefficient (Wildman–Crippen LogP) is 2.91. The summed E-state index contributed by atoms with van der Waals surface area (Å²) in [6.07, 6.45) is -0.679. The summed E-state index contributed by atoms with van der Waals surface area (Å²) < 4.78 is 6.85. The molecule has 2 aromatic heterocycles. The number of nitrogens with one attached hydrogen (secondary N) is 2. The summed E-state index contributed by atoms with van der Waals surface area (Å²) >= 11 is 6.32. The van der Waals surface area contributed by atoms with E-state index in [4.69, 9.17) is 21.4 Å². The maximum absolute atomic E-state index is 12.3. The van der Waals surface area contributed by atoms with Crippen molar-refractivity contribution < 1.29 is 24.2 Å². The molecule has 1 aliphatic heterocycles. The number of hydrogen-bond donors (Lipinski definition) is 3. The van der Waals surface area contributed by atoms with Gasteiger partial charge in [-0.05, 0) is 17.9 Å². The number of pyridine rings is 1. The van der Waals surface area contributed by atoms with Gasteiger partial charge in [0, 0.05) is 36.5 Å². The lowest BCUT2D eigenvalue weighted by Crippen LogP contribution is -2.31. The number of ether oxygens (including phenoxy) is 1. The Morgan fingerprint density at radius 1 is 1.29 bits per heavy atom. The Balaban J connectivity index is 2.04. The summed E-state index contributed by atoms with van der Waals surface area (Å²) in [5, 5.41) is 13.1. The number of carbonyl (C=O) groups is 3. The number of hydrogen-bond acceptors (Lipinski definition) is 5. The van der Waals surface area contributed by atoms with Crippen LogP contribution in [-0.4, -0.2) is 39.8 Å². The van der Waals surface area contributed by atoms with Crippen LogP contribution in [0.15, 0.2) is 18.3 Å². The number of aromatic nitrogens is 2. The number of carbonyl (C=O) groups excluding carboxylic acids is 2. The Kier molecular flexibility index (Phi) is 5.03. The Morgan fingerprint density at radius 2 is 2.00 bits per heavy atom. The molecule has 148 valence electrons. The van der Waals surface area contributed by atoms with Gasteiger partial charge in [-0.1, -0.05) is 25.4 Å². The fraction of sp³-hybridized carbons (Fsp3) is 0.333. The number of carboxylic acid groups (broad SMARTS) is 1. The fourth-order valence-electron chi connectivity index (χ4n) is 3.34. The van der Waals surface area contributed by atoms with Crippen molar-refractivity contribution in [1.29, 1.82) is 0 Å². The van der Waals surface area contributed by atoms with Gasteiger partial charge in [-0.15, -0.1) is 0 Å². The first kappa shape index (κ1) is 19.7. The summed E-state index contributed by atoms with van der Waals surface area (Å²) in [5.74, 6) is -0.329. The van der Waals surface area contributed by atoms with Crippen LogP contribution in [0.3, 0.4) is 0 Å². The van der Waals surface area contributed by atoms with E-state index in [2.05, 4.69) is 24.1 Å². The van der Waals surface area contributed by atoms with E-state index in [1.54, 1.807) is 18.4 Å². The number of rotatable bonds is 3. The lowest BCUT2D eigenvalue weighted by Gasteiger charge is -2.16. The zero-order valence-corrected chi connectivity index (χ0v) is 16.3. The standard InChI is InChI=1S/C18H19ClN4O5/c1-18(2)6-13-10(4-12(15(24)20-3)23(13)8-18)9-5-14(21-7-11(9)19)28-17(27)22-16(25)26/h4-5,7H,6,8H2,1-3H3,(H,20,24)(H,22,27)(H,25,26). The van der Waals surface area contributed by atoms with Crippen molar-refractivity contribution >= 4 is 29.7 Å². The first-order chi connectivity index (χ1) is 13.1. The highest BCUT2D eigenvalue weighted by Crippen LogP contribution is 2.42. The highest BCUT2D eigenvalue weighted by Gasteiger charge is 2.34. The Hall–Kier alpha value is -3.07. The number of amides is 3. The number of nitrogens with zero attached hydrogens (tertiary/aromatic N) is 2. The van der Waals surface area contributed by atoms with Crippen LogP contribution in [0.5, 0.6) is 5.88 Å². The van der Waals surface area contributed by atoms with E-state index in [-0.39, 0.29) is 17.2 Å². The van der Waals surface area contributed by atoms with Gasteiger partial charge in [0.2, 0.25) is 5.88 Å². The third-order valence-electron chi connectivity index (χ3n) is 4.43. The Morgan fingerprint density at radius 3 is 2.64 bits per heavy atom. The number of imide groups is 1. The summed E-state index contributed by atoms with van der Waals surface area (Å²) in [4.78, 5) is 38.3. The van der Waals surface area contributed by atoms with Crippen molar-refractivity contribution in [3.63, 3.8) is 0 Å². The van der Waals surface area contributed by atoms with E-state index in [1.165, 1.54) is 12.3 Å². The monoisotopic (exact) mass is 406 g/mol. The van der Waals surface area contributed by atoms with Crippen molar-refractivity contribution in [2.75, 3.05) is 7.05 Å². The molecule has 28 heavy (non-hydrogen) atoms. The van der Waals surface area contributed by atoms with Crippen LogP contribution in [0.25, 0.3) is 11.1 Å². The van der Waals surface area contributed by atoms with Crippen LogP contribution >= 0.6 is 11.6 Å². The third-order valence-corrected chi connectivity index (χ3v) is 4.73. The number of halogens is 1. The van der Waals surface area contributed by atoms with Gasteiger partial charge in [0.15, 0.2) is 0 Å². The maximum atomic E-state index is 12.3. The summed E-state index contributed by atoms with van der Waals surface area (Å²) in [6.45, 7) is 4.89. The van der Waals surface area contributed by atoms with Gasteiger partial charge in [0.05, 0.1) is 11.2 Å². The van der Waals surface area contributed by atoms with Crippen LogP contribution in [0, 0.1) is 5.41 Å². The van der Waals surface area contributed by atoms with Gasteiger partial charge in [0.25, 0.3) is 5.91 Å².